The predicted octanol–water partition coefficient (Wildman–Crippen LogP) is -2.66. The van der Waals surface area contributed by atoms with Crippen LogP contribution >= 0.6 is 0 Å². The van der Waals surface area contributed by atoms with Crippen molar-refractivity contribution in [3.05, 3.63) is 0 Å². The van der Waals surface area contributed by atoms with Crippen molar-refractivity contribution < 1.29 is 34.5 Å². The Bertz CT molecular complexity index is 323. The highest BCUT2D eigenvalue weighted by Gasteiger charge is 2.25. The van der Waals surface area contributed by atoms with E-state index in [0.29, 0.717) is 0 Å². The number of amides is 1. The van der Waals surface area contributed by atoms with Crippen molar-refractivity contribution in [1.29, 1.82) is 0 Å². The first-order valence-corrected chi connectivity index (χ1v) is 4.70. The van der Waals surface area contributed by atoms with E-state index >= 15 is 0 Å². The van der Waals surface area contributed by atoms with Gasteiger partial charge in [0, 0.05) is 0 Å². The van der Waals surface area contributed by atoms with E-state index in [4.69, 9.17) is 21.1 Å². The van der Waals surface area contributed by atoms with Crippen molar-refractivity contribution in [2.75, 3.05) is 0 Å². The van der Waals surface area contributed by atoms with Crippen LogP contribution in [0.4, 0.5) is 0 Å². The maximum absolute atomic E-state index is 10.7. The fourth-order valence-corrected chi connectivity index (χ4v) is 0.977. The molecule has 0 saturated heterocycles. The first-order chi connectivity index (χ1) is 8.23. The molecule has 0 spiro atoms. The number of carboxylic acids is 3. The largest absolute Gasteiger partial charge is 0.481 e. The minimum Gasteiger partial charge on any atom is -0.481 e. The fraction of sp³-hybridized carbons (Fsp3) is 0.500. The summed E-state index contributed by atoms with van der Waals surface area (Å²) in [5.74, 6) is -5.19. The highest BCUT2D eigenvalue weighted by molar-refractivity contribution is 5.83. The van der Waals surface area contributed by atoms with Crippen molar-refractivity contribution in [2.45, 2.75) is 24.9 Å². The maximum Gasteiger partial charge on any atom is 0.322 e. The average Bonchev–Trinajstić information content (AvgIpc) is 2.20. The average molecular weight is 263 g/mol. The number of carbonyl (C=O) groups excluding carboxylic acids is 1. The Balaban J connectivity index is 4.45. The van der Waals surface area contributed by atoms with Crippen LogP contribution in [0.1, 0.15) is 12.8 Å². The lowest BCUT2D eigenvalue weighted by atomic mass is 10.2. The topological polar surface area (TPSA) is 179 Å². The highest BCUT2D eigenvalue weighted by Crippen LogP contribution is 1.94. The maximum atomic E-state index is 10.7. The smallest absolute Gasteiger partial charge is 0.322 e. The number of hydrogen-bond donors (Lipinski definition) is 6. The van der Waals surface area contributed by atoms with Gasteiger partial charge >= 0.3 is 17.9 Å². The van der Waals surface area contributed by atoms with Gasteiger partial charge in [-0.2, -0.15) is 0 Å². The molecular weight excluding hydrogens is 250 g/mol. The van der Waals surface area contributed by atoms with Crippen LogP contribution in [0.3, 0.4) is 0 Å². The van der Waals surface area contributed by atoms with Crippen molar-refractivity contribution in [1.82, 2.24) is 10.9 Å². The van der Waals surface area contributed by atoms with Gasteiger partial charge in [0.05, 0.1) is 12.8 Å². The Morgan fingerprint density at radius 2 is 1.28 bits per heavy atom. The van der Waals surface area contributed by atoms with Crippen LogP contribution < -0.4 is 16.6 Å². The molecule has 0 aliphatic heterocycles. The van der Waals surface area contributed by atoms with Crippen LogP contribution in [0.25, 0.3) is 0 Å². The number of carboxylic acid groups (broad SMARTS) is 3. The van der Waals surface area contributed by atoms with Crippen molar-refractivity contribution in [3.8, 4) is 0 Å². The van der Waals surface area contributed by atoms with Crippen LogP contribution in [0.15, 0.2) is 0 Å². The molecule has 10 nitrogen and oxygen atoms in total. The molecule has 0 heterocycles. The molecule has 0 radical (unpaired) electrons. The molecule has 10 heteroatoms. The number of hydrazine groups is 1. The number of primary amides is 1. The molecule has 0 fully saturated rings. The zero-order valence-electron chi connectivity index (χ0n) is 9.12. The van der Waals surface area contributed by atoms with Crippen LogP contribution in [0, 0.1) is 0 Å². The molecule has 0 aliphatic rings. The Morgan fingerprint density at radius 1 is 0.889 bits per heavy atom. The Morgan fingerprint density at radius 3 is 1.56 bits per heavy atom. The number of nitrogens with one attached hydrogen (secondary N) is 2. The first-order valence-electron chi connectivity index (χ1n) is 4.70. The second-order valence-corrected chi connectivity index (χ2v) is 3.34. The molecule has 0 aromatic carbocycles. The van der Waals surface area contributed by atoms with E-state index in [-0.39, 0.29) is 0 Å². The molecular formula is C8H13N3O7. The molecule has 0 aliphatic carbocycles. The highest BCUT2D eigenvalue weighted by atomic mass is 16.4. The van der Waals surface area contributed by atoms with Gasteiger partial charge in [-0.25, -0.2) is 10.9 Å². The number of carbonyl (C=O) groups is 4. The third-order valence-electron chi connectivity index (χ3n) is 1.81. The van der Waals surface area contributed by atoms with E-state index in [1.165, 1.54) is 0 Å². The first kappa shape index (κ1) is 15.8. The van der Waals surface area contributed by atoms with Gasteiger partial charge in [0.2, 0.25) is 5.91 Å². The third kappa shape index (κ3) is 6.40. The SMILES string of the molecule is NC(=O)C[C@H](NN[C@@H](CC(=O)O)C(=O)O)C(=O)O. The minimum atomic E-state index is -1.53. The van der Waals surface area contributed by atoms with Gasteiger partial charge in [-0.05, 0) is 0 Å². The second kappa shape index (κ2) is 7.19. The van der Waals surface area contributed by atoms with Gasteiger partial charge in [0.1, 0.15) is 12.1 Å². The number of hydrogen-bond acceptors (Lipinski definition) is 6. The van der Waals surface area contributed by atoms with Gasteiger partial charge < -0.3 is 21.1 Å². The minimum absolute atomic E-state index is 0.568. The lowest BCUT2D eigenvalue weighted by Crippen LogP contribution is -2.54. The van der Waals surface area contributed by atoms with Crippen LogP contribution in [0.5, 0.6) is 0 Å². The third-order valence-corrected chi connectivity index (χ3v) is 1.81. The predicted molar refractivity (Wildman–Crippen MR) is 55.2 cm³/mol. The molecule has 0 aromatic rings. The van der Waals surface area contributed by atoms with Crippen LogP contribution in [-0.2, 0) is 19.2 Å². The summed E-state index contributed by atoms with van der Waals surface area (Å²) in [6.45, 7) is 0. The summed E-state index contributed by atoms with van der Waals surface area (Å²) in [5.41, 5.74) is 8.86. The van der Waals surface area contributed by atoms with Gasteiger partial charge in [-0.15, -0.1) is 0 Å². The standard InChI is InChI=1S/C8H13N3O7/c9-5(12)1-3(7(15)16)10-11-4(8(17)18)2-6(13)14/h3-4,10-11H,1-2H2,(H2,9,12)(H,13,14)(H,15,16)(H,17,18)/t3-,4-/m0/s1. The van der Waals surface area contributed by atoms with Crippen molar-refractivity contribution in [3.63, 3.8) is 0 Å². The van der Waals surface area contributed by atoms with Gasteiger partial charge in [0.25, 0.3) is 0 Å². The number of nitrogens with two attached hydrogens (primary N) is 1. The molecule has 0 saturated carbocycles. The fourth-order valence-electron chi connectivity index (χ4n) is 0.977. The summed E-state index contributed by atoms with van der Waals surface area (Å²) in [6.07, 6.45) is -1.33. The van der Waals surface area contributed by atoms with E-state index < -0.39 is 48.7 Å². The van der Waals surface area contributed by atoms with E-state index in [1.54, 1.807) is 0 Å². The molecule has 7 N–H and O–H groups in total. The number of aliphatic carboxylic acids is 3. The van der Waals surface area contributed by atoms with Gasteiger partial charge in [-0.1, -0.05) is 0 Å². The Labute approximate surface area is 101 Å². The van der Waals surface area contributed by atoms with Gasteiger partial charge in [-0.3, -0.25) is 19.2 Å². The van der Waals surface area contributed by atoms with E-state index in [0.717, 1.165) is 0 Å². The molecule has 0 aromatic heterocycles. The summed E-state index contributed by atoms with van der Waals surface area (Å²) >= 11 is 0. The molecule has 0 bridgehead atoms. The van der Waals surface area contributed by atoms with Crippen molar-refractivity contribution >= 4 is 23.8 Å². The summed E-state index contributed by atoms with van der Waals surface area (Å²) in [4.78, 5) is 42.2. The quantitative estimate of drug-likeness (QED) is 0.242. The molecule has 18 heavy (non-hydrogen) atoms. The zero-order valence-corrected chi connectivity index (χ0v) is 9.12. The van der Waals surface area contributed by atoms with E-state index in [2.05, 4.69) is 0 Å². The Kier molecular flexibility index (Phi) is 6.31. The Hall–Kier alpha value is -2.20. The summed E-state index contributed by atoms with van der Waals surface area (Å²) in [6, 6.07) is -2.98. The summed E-state index contributed by atoms with van der Waals surface area (Å²) < 4.78 is 0. The molecule has 102 valence electrons. The monoisotopic (exact) mass is 263 g/mol. The van der Waals surface area contributed by atoms with E-state index in [9.17, 15) is 19.2 Å². The lowest BCUT2D eigenvalue weighted by molar-refractivity contribution is -0.147. The molecule has 2 atom stereocenters. The normalized spacial score (nSPS) is 13.6. The second-order valence-electron chi connectivity index (χ2n) is 3.34. The molecule has 0 unspecified atom stereocenters. The van der Waals surface area contributed by atoms with E-state index in [1.807, 2.05) is 10.9 Å². The van der Waals surface area contributed by atoms with Crippen LogP contribution in [-0.4, -0.2) is 51.2 Å². The van der Waals surface area contributed by atoms with Crippen LogP contribution in [0.2, 0.25) is 0 Å². The summed E-state index contributed by atoms with van der Waals surface area (Å²) in [7, 11) is 0. The molecule has 1 amide bonds. The lowest BCUT2D eigenvalue weighted by Gasteiger charge is -2.17. The zero-order chi connectivity index (χ0) is 14.3. The number of rotatable bonds is 9. The van der Waals surface area contributed by atoms with Crippen molar-refractivity contribution in [2.24, 2.45) is 5.73 Å². The molecule has 0 rings (SSSR count). The van der Waals surface area contributed by atoms with Gasteiger partial charge in [0.15, 0.2) is 0 Å². The summed E-state index contributed by atoms with van der Waals surface area (Å²) in [5, 5.41) is 25.8.